The number of nitriles is 1. The van der Waals surface area contributed by atoms with Crippen LogP contribution < -0.4 is 5.32 Å². The number of pyridine rings is 1. The highest BCUT2D eigenvalue weighted by Gasteiger charge is 2.25. The van der Waals surface area contributed by atoms with E-state index in [4.69, 9.17) is 5.26 Å². The molecule has 2 rings (SSSR count). The number of hydrogen-bond acceptors (Lipinski definition) is 4. The Morgan fingerprint density at radius 2 is 2.35 bits per heavy atom. The first-order valence-electron chi connectivity index (χ1n) is 6.02. The third-order valence-corrected chi connectivity index (χ3v) is 3.20. The maximum absolute atomic E-state index is 9.07. The molecule has 1 heterocycles. The molecule has 1 saturated carbocycles. The number of nitrogens with one attached hydrogen (secondary N) is 1. The van der Waals surface area contributed by atoms with Crippen LogP contribution in [0.1, 0.15) is 24.0 Å². The fourth-order valence-corrected chi connectivity index (χ4v) is 1.88. The normalized spacial score (nSPS) is 14.7. The lowest BCUT2D eigenvalue weighted by Gasteiger charge is -2.16. The van der Waals surface area contributed by atoms with Gasteiger partial charge in [-0.2, -0.15) is 5.26 Å². The van der Waals surface area contributed by atoms with Gasteiger partial charge in [0.05, 0.1) is 5.56 Å². The number of nitrogens with zero attached hydrogens (tertiary/aromatic N) is 3. The predicted molar refractivity (Wildman–Crippen MR) is 67.8 cm³/mol. The van der Waals surface area contributed by atoms with E-state index < -0.39 is 0 Å². The lowest BCUT2D eigenvalue weighted by atomic mass is 10.1. The molecule has 0 aliphatic heterocycles. The average Bonchev–Trinajstić information content (AvgIpc) is 3.13. The molecule has 0 saturated heterocycles. The van der Waals surface area contributed by atoms with E-state index in [9.17, 15) is 0 Å². The quantitative estimate of drug-likeness (QED) is 0.837. The van der Waals surface area contributed by atoms with E-state index in [1.54, 1.807) is 6.20 Å². The van der Waals surface area contributed by atoms with Gasteiger partial charge < -0.3 is 10.2 Å². The van der Waals surface area contributed by atoms with Crippen LogP contribution in [0, 0.1) is 18.3 Å². The summed E-state index contributed by atoms with van der Waals surface area (Å²) in [5.41, 5.74) is 1.63. The minimum atomic E-state index is 0.654. The first-order valence-corrected chi connectivity index (χ1v) is 6.02. The molecule has 0 atom stereocenters. The lowest BCUT2D eigenvalue weighted by molar-refractivity contribution is 0.337. The van der Waals surface area contributed by atoms with Crippen molar-refractivity contribution in [2.45, 2.75) is 25.8 Å². The molecule has 90 valence electrons. The van der Waals surface area contributed by atoms with Gasteiger partial charge in [0.15, 0.2) is 0 Å². The minimum absolute atomic E-state index is 0.654. The summed E-state index contributed by atoms with van der Waals surface area (Å²) in [5.74, 6) is 0.705. The second kappa shape index (κ2) is 5.15. The molecule has 0 bridgehead atoms. The van der Waals surface area contributed by atoms with Crippen LogP contribution in [0.15, 0.2) is 12.3 Å². The Bertz CT molecular complexity index is 432. The molecular formula is C13H18N4. The third-order valence-electron chi connectivity index (χ3n) is 3.20. The zero-order valence-corrected chi connectivity index (χ0v) is 10.4. The number of likely N-dealkylation sites (N-methyl/N-ethyl adjacent to an activating group) is 1. The van der Waals surface area contributed by atoms with Gasteiger partial charge in [0.1, 0.15) is 11.9 Å². The van der Waals surface area contributed by atoms with Crippen LogP contribution in [0.3, 0.4) is 0 Å². The molecule has 1 aliphatic rings. The van der Waals surface area contributed by atoms with Crippen molar-refractivity contribution in [3.63, 3.8) is 0 Å². The van der Waals surface area contributed by atoms with Crippen LogP contribution in [-0.2, 0) is 0 Å². The standard InChI is InChI=1S/C13H18N4/c1-10-5-6-15-13(12(10)9-14)16-7-8-17(2)11-3-4-11/h5-6,11H,3-4,7-8H2,1-2H3,(H,15,16). The Morgan fingerprint density at radius 3 is 3.00 bits per heavy atom. The Balaban J connectivity index is 1.90. The van der Waals surface area contributed by atoms with E-state index in [1.165, 1.54) is 12.8 Å². The number of rotatable bonds is 5. The molecule has 1 N–H and O–H groups in total. The summed E-state index contributed by atoms with van der Waals surface area (Å²) >= 11 is 0. The Morgan fingerprint density at radius 1 is 1.59 bits per heavy atom. The molecule has 0 radical (unpaired) electrons. The van der Waals surface area contributed by atoms with Gasteiger partial charge in [-0.05, 0) is 38.4 Å². The molecule has 1 aromatic rings. The van der Waals surface area contributed by atoms with Crippen molar-refractivity contribution in [2.24, 2.45) is 0 Å². The molecule has 1 aliphatic carbocycles. The van der Waals surface area contributed by atoms with E-state index in [2.05, 4.69) is 28.3 Å². The van der Waals surface area contributed by atoms with Crippen LogP contribution in [0.5, 0.6) is 0 Å². The van der Waals surface area contributed by atoms with Crippen molar-refractivity contribution in [3.05, 3.63) is 23.4 Å². The van der Waals surface area contributed by atoms with Crippen LogP contribution in [0.25, 0.3) is 0 Å². The maximum Gasteiger partial charge on any atom is 0.144 e. The van der Waals surface area contributed by atoms with Crippen molar-refractivity contribution in [1.82, 2.24) is 9.88 Å². The number of hydrogen-bond donors (Lipinski definition) is 1. The Kier molecular flexibility index (Phi) is 3.60. The monoisotopic (exact) mass is 230 g/mol. The molecule has 0 spiro atoms. The highest BCUT2D eigenvalue weighted by molar-refractivity contribution is 5.55. The van der Waals surface area contributed by atoms with Crippen molar-refractivity contribution in [1.29, 1.82) is 5.26 Å². The van der Waals surface area contributed by atoms with Gasteiger partial charge in [0, 0.05) is 25.3 Å². The highest BCUT2D eigenvalue weighted by Crippen LogP contribution is 2.24. The summed E-state index contributed by atoms with van der Waals surface area (Å²) in [5, 5.41) is 12.3. The molecule has 17 heavy (non-hydrogen) atoms. The predicted octanol–water partition coefficient (Wildman–Crippen LogP) is 1.77. The lowest BCUT2D eigenvalue weighted by Crippen LogP contribution is -2.27. The first kappa shape index (κ1) is 11.9. The van der Waals surface area contributed by atoms with Crippen molar-refractivity contribution >= 4 is 5.82 Å². The summed E-state index contributed by atoms with van der Waals surface area (Å²) in [6.45, 7) is 3.75. The van der Waals surface area contributed by atoms with Gasteiger partial charge in [-0.25, -0.2) is 4.98 Å². The zero-order chi connectivity index (χ0) is 12.3. The van der Waals surface area contributed by atoms with Crippen LogP contribution in [0.4, 0.5) is 5.82 Å². The van der Waals surface area contributed by atoms with Crippen LogP contribution in [-0.4, -0.2) is 36.1 Å². The molecule has 0 amide bonds. The van der Waals surface area contributed by atoms with E-state index in [1.807, 2.05) is 13.0 Å². The summed E-state index contributed by atoms with van der Waals surface area (Å²) in [6.07, 6.45) is 4.38. The van der Waals surface area contributed by atoms with Gasteiger partial charge in [-0.1, -0.05) is 0 Å². The number of anilines is 1. The van der Waals surface area contributed by atoms with E-state index >= 15 is 0 Å². The number of aromatic nitrogens is 1. The number of aryl methyl sites for hydroxylation is 1. The van der Waals surface area contributed by atoms with Crippen LogP contribution >= 0.6 is 0 Å². The van der Waals surface area contributed by atoms with Gasteiger partial charge in [-0.15, -0.1) is 0 Å². The Hall–Kier alpha value is -1.60. The van der Waals surface area contributed by atoms with Gasteiger partial charge in [0.2, 0.25) is 0 Å². The van der Waals surface area contributed by atoms with Gasteiger partial charge in [-0.3, -0.25) is 0 Å². The summed E-state index contributed by atoms with van der Waals surface area (Å²) < 4.78 is 0. The fraction of sp³-hybridized carbons (Fsp3) is 0.538. The van der Waals surface area contributed by atoms with E-state index in [0.717, 1.165) is 24.7 Å². The van der Waals surface area contributed by atoms with Crippen LogP contribution in [0.2, 0.25) is 0 Å². The first-order chi connectivity index (χ1) is 8.22. The second-order valence-electron chi connectivity index (χ2n) is 4.60. The smallest absolute Gasteiger partial charge is 0.144 e. The SMILES string of the molecule is Cc1ccnc(NCCN(C)C2CC2)c1C#N. The Labute approximate surface area is 102 Å². The summed E-state index contributed by atoms with van der Waals surface area (Å²) in [4.78, 5) is 6.57. The third kappa shape index (κ3) is 2.95. The van der Waals surface area contributed by atoms with Crippen molar-refractivity contribution in [3.8, 4) is 6.07 Å². The van der Waals surface area contributed by atoms with E-state index in [0.29, 0.717) is 11.4 Å². The second-order valence-corrected chi connectivity index (χ2v) is 4.60. The maximum atomic E-state index is 9.07. The van der Waals surface area contributed by atoms with E-state index in [-0.39, 0.29) is 0 Å². The molecule has 4 nitrogen and oxygen atoms in total. The molecular weight excluding hydrogens is 212 g/mol. The molecule has 1 aromatic heterocycles. The topological polar surface area (TPSA) is 52.0 Å². The minimum Gasteiger partial charge on any atom is -0.368 e. The van der Waals surface area contributed by atoms with Crippen molar-refractivity contribution in [2.75, 3.05) is 25.5 Å². The fourth-order valence-electron chi connectivity index (χ4n) is 1.88. The average molecular weight is 230 g/mol. The zero-order valence-electron chi connectivity index (χ0n) is 10.4. The van der Waals surface area contributed by atoms with Crippen molar-refractivity contribution < 1.29 is 0 Å². The van der Waals surface area contributed by atoms with Gasteiger partial charge >= 0.3 is 0 Å². The summed E-state index contributed by atoms with van der Waals surface area (Å²) in [6, 6.07) is 4.84. The molecule has 0 unspecified atom stereocenters. The highest BCUT2D eigenvalue weighted by atomic mass is 15.2. The molecule has 0 aromatic carbocycles. The summed E-state index contributed by atoms with van der Waals surface area (Å²) in [7, 11) is 2.15. The largest absolute Gasteiger partial charge is 0.368 e. The van der Waals surface area contributed by atoms with Gasteiger partial charge in [0.25, 0.3) is 0 Å². The molecule has 1 fully saturated rings. The molecule has 4 heteroatoms.